The van der Waals surface area contributed by atoms with Crippen LogP contribution in [0.3, 0.4) is 0 Å². The Morgan fingerprint density at radius 2 is 2.26 bits per heavy atom. The third-order valence-electron chi connectivity index (χ3n) is 5.23. The molecule has 0 aromatic carbocycles. The smallest absolute Gasteiger partial charge is 0.318 e. The third kappa shape index (κ3) is 3.37. The van der Waals surface area contributed by atoms with Crippen LogP contribution in [-0.2, 0) is 13.0 Å². The average molecular weight is 320 g/mol. The van der Waals surface area contributed by atoms with Gasteiger partial charge in [0.2, 0.25) is 0 Å². The maximum Gasteiger partial charge on any atom is 0.318 e. The van der Waals surface area contributed by atoms with Gasteiger partial charge in [0.15, 0.2) is 0 Å². The molecule has 23 heavy (non-hydrogen) atoms. The number of urea groups is 1. The summed E-state index contributed by atoms with van der Waals surface area (Å²) in [5.41, 5.74) is 2.30. The lowest BCUT2D eigenvalue weighted by Crippen LogP contribution is -2.49. The van der Waals surface area contributed by atoms with Crippen molar-refractivity contribution >= 4 is 6.03 Å². The fourth-order valence-corrected chi connectivity index (χ4v) is 3.98. The Hall–Kier alpha value is -1.56. The number of aliphatic hydroxyl groups is 1. The monoisotopic (exact) mass is 320 g/mol. The number of carbonyl (C=O) groups is 1. The number of piperidine rings is 1. The minimum atomic E-state index is 0.0538. The normalized spacial score (nSPS) is 24.3. The molecule has 1 aliphatic carbocycles. The maximum absolute atomic E-state index is 12.7. The van der Waals surface area contributed by atoms with Gasteiger partial charge in [-0.2, -0.15) is 5.10 Å². The van der Waals surface area contributed by atoms with Gasteiger partial charge in [-0.3, -0.25) is 4.68 Å². The van der Waals surface area contributed by atoms with Crippen molar-refractivity contribution in [2.24, 2.45) is 0 Å². The highest BCUT2D eigenvalue weighted by atomic mass is 16.3. The van der Waals surface area contributed by atoms with Crippen LogP contribution in [0, 0.1) is 0 Å². The summed E-state index contributed by atoms with van der Waals surface area (Å²) < 4.78 is 1.88. The quantitative estimate of drug-likeness (QED) is 0.894. The summed E-state index contributed by atoms with van der Waals surface area (Å²) >= 11 is 0. The van der Waals surface area contributed by atoms with Gasteiger partial charge in [-0.25, -0.2) is 4.79 Å². The van der Waals surface area contributed by atoms with Gasteiger partial charge < -0.3 is 15.3 Å². The van der Waals surface area contributed by atoms with E-state index >= 15 is 0 Å². The second kappa shape index (κ2) is 7.34. The second-order valence-corrected chi connectivity index (χ2v) is 6.64. The van der Waals surface area contributed by atoms with Crippen LogP contribution in [0.4, 0.5) is 4.79 Å². The summed E-state index contributed by atoms with van der Waals surface area (Å²) in [7, 11) is 0. The van der Waals surface area contributed by atoms with Crippen LogP contribution in [0.5, 0.6) is 0 Å². The minimum Gasteiger partial charge on any atom is -0.394 e. The number of aromatic nitrogens is 2. The Balaban J connectivity index is 1.70. The zero-order valence-corrected chi connectivity index (χ0v) is 14.0. The number of rotatable bonds is 4. The molecule has 1 saturated heterocycles. The Labute approximate surface area is 137 Å². The first kappa shape index (κ1) is 16.3. The van der Waals surface area contributed by atoms with E-state index in [0.717, 1.165) is 50.6 Å². The fraction of sp³-hybridized carbons (Fsp3) is 0.765. The van der Waals surface area contributed by atoms with Gasteiger partial charge in [-0.1, -0.05) is 6.92 Å². The first-order valence-corrected chi connectivity index (χ1v) is 8.97. The van der Waals surface area contributed by atoms with Crippen LogP contribution in [0.2, 0.25) is 0 Å². The largest absolute Gasteiger partial charge is 0.394 e. The molecule has 1 aliphatic heterocycles. The summed E-state index contributed by atoms with van der Waals surface area (Å²) in [5, 5.41) is 16.8. The lowest BCUT2D eigenvalue weighted by molar-refractivity contribution is 0.145. The molecule has 1 fully saturated rings. The molecule has 0 bridgehead atoms. The lowest BCUT2D eigenvalue weighted by atomic mass is 9.93. The number of carbonyl (C=O) groups excluding carboxylic acids is 1. The molecule has 1 aromatic heterocycles. The molecule has 6 heteroatoms. The zero-order chi connectivity index (χ0) is 16.2. The molecule has 0 radical (unpaired) electrons. The van der Waals surface area contributed by atoms with E-state index in [1.54, 1.807) is 0 Å². The van der Waals surface area contributed by atoms with E-state index in [1.165, 1.54) is 12.1 Å². The van der Waals surface area contributed by atoms with E-state index < -0.39 is 0 Å². The molecule has 2 aliphatic rings. The number of nitrogens with zero attached hydrogens (tertiary/aromatic N) is 3. The van der Waals surface area contributed by atoms with Crippen molar-refractivity contribution in [3.05, 3.63) is 17.5 Å². The van der Waals surface area contributed by atoms with E-state index in [-0.39, 0.29) is 18.7 Å². The van der Waals surface area contributed by atoms with Gasteiger partial charge >= 0.3 is 6.03 Å². The Morgan fingerprint density at radius 1 is 1.39 bits per heavy atom. The molecule has 2 atom stereocenters. The zero-order valence-electron chi connectivity index (χ0n) is 14.0. The van der Waals surface area contributed by atoms with Crippen molar-refractivity contribution in [1.82, 2.24) is 20.0 Å². The van der Waals surface area contributed by atoms with Crippen LogP contribution < -0.4 is 5.32 Å². The average Bonchev–Trinajstić information content (AvgIpc) is 2.99. The molecule has 0 spiro atoms. The van der Waals surface area contributed by atoms with Gasteiger partial charge in [0.05, 0.1) is 25.4 Å². The highest BCUT2D eigenvalue weighted by molar-refractivity contribution is 5.75. The first-order chi connectivity index (χ1) is 11.2. The number of aliphatic hydroxyl groups excluding tert-OH is 1. The molecule has 2 unspecified atom stereocenters. The highest BCUT2D eigenvalue weighted by Crippen LogP contribution is 2.30. The topological polar surface area (TPSA) is 70.4 Å². The van der Waals surface area contributed by atoms with E-state index in [9.17, 15) is 4.79 Å². The number of amides is 2. The lowest BCUT2D eigenvalue weighted by Gasteiger charge is -2.36. The van der Waals surface area contributed by atoms with Gasteiger partial charge in [0, 0.05) is 23.8 Å². The standard InChI is InChI=1S/C17H28N4O2/c1-2-13-6-3-4-9-20(13)17(23)19-15-7-5-8-16-14(15)12-18-21(16)10-11-22/h12-13,15,22H,2-11H2,1H3,(H,19,23). The summed E-state index contributed by atoms with van der Waals surface area (Å²) in [6, 6.07) is 0.506. The predicted octanol–water partition coefficient (Wildman–Crippen LogP) is 2.23. The van der Waals surface area contributed by atoms with E-state index in [0.29, 0.717) is 12.6 Å². The molecule has 0 saturated carbocycles. The van der Waals surface area contributed by atoms with Crippen LogP contribution >= 0.6 is 0 Å². The Bertz CT molecular complexity index is 543. The van der Waals surface area contributed by atoms with E-state index in [4.69, 9.17) is 5.11 Å². The van der Waals surface area contributed by atoms with Crippen molar-refractivity contribution in [2.45, 2.75) is 70.5 Å². The Kier molecular flexibility index (Phi) is 5.20. The third-order valence-corrected chi connectivity index (χ3v) is 5.23. The second-order valence-electron chi connectivity index (χ2n) is 6.64. The van der Waals surface area contributed by atoms with Gasteiger partial charge in [-0.15, -0.1) is 0 Å². The van der Waals surface area contributed by atoms with Crippen molar-refractivity contribution in [1.29, 1.82) is 0 Å². The number of fused-ring (bicyclic) bond motifs is 1. The van der Waals surface area contributed by atoms with E-state index in [2.05, 4.69) is 17.3 Å². The van der Waals surface area contributed by atoms with Crippen molar-refractivity contribution < 1.29 is 9.90 Å². The van der Waals surface area contributed by atoms with Crippen LogP contribution in [0.25, 0.3) is 0 Å². The number of nitrogens with one attached hydrogen (secondary N) is 1. The number of likely N-dealkylation sites (tertiary alicyclic amines) is 1. The summed E-state index contributed by atoms with van der Waals surface area (Å²) in [6.45, 7) is 3.65. The molecule has 3 rings (SSSR count). The summed E-state index contributed by atoms with van der Waals surface area (Å²) in [5.74, 6) is 0. The van der Waals surface area contributed by atoms with Crippen molar-refractivity contribution in [3.8, 4) is 0 Å². The summed E-state index contributed by atoms with van der Waals surface area (Å²) in [4.78, 5) is 14.7. The molecular weight excluding hydrogens is 292 g/mol. The van der Waals surface area contributed by atoms with Crippen molar-refractivity contribution in [2.75, 3.05) is 13.2 Å². The first-order valence-electron chi connectivity index (χ1n) is 8.97. The van der Waals surface area contributed by atoms with Crippen LogP contribution in [0.15, 0.2) is 6.20 Å². The molecule has 6 nitrogen and oxygen atoms in total. The molecule has 128 valence electrons. The molecule has 1 aromatic rings. The van der Waals surface area contributed by atoms with Crippen LogP contribution in [-0.4, -0.2) is 45.0 Å². The van der Waals surface area contributed by atoms with Crippen LogP contribution in [0.1, 0.15) is 62.7 Å². The van der Waals surface area contributed by atoms with Crippen molar-refractivity contribution in [3.63, 3.8) is 0 Å². The van der Waals surface area contributed by atoms with Gasteiger partial charge in [0.25, 0.3) is 0 Å². The predicted molar refractivity (Wildman–Crippen MR) is 88.2 cm³/mol. The van der Waals surface area contributed by atoms with E-state index in [1.807, 2.05) is 15.8 Å². The molecule has 2 N–H and O–H groups in total. The number of hydrogen-bond acceptors (Lipinski definition) is 3. The fourth-order valence-electron chi connectivity index (χ4n) is 3.98. The summed E-state index contributed by atoms with van der Waals surface area (Å²) in [6.07, 6.45) is 9.33. The molecule has 2 amide bonds. The SMILES string of the molecule is CCC1CCCCN1C(=O)NC1CCCc2c1cnn2CCO. The van der Waals surface area contributed by atoms with Gasteiger partial charge in [0.1, 0.15) is 0 Å². The Morgan fingerprint density at radius 3 is 3.04 bits per heavy atom. The van der Waals surface area contributed by atoms with Gasteiger partial charge in [-0.05, 0) is 44.9 Å². The maximum atomic E-state index is 12.7. The minimum absolute atomic E-state index is 0.0538. The molecule has 2 heterocycles. The highest BCUT2D eigenvalue weighted by Gasteiger charge is 2.30. The number of hydrogen-bond donors (Lipinski definition) is 2. The molecular formula is C17H28N4O2.